The third-order valence-electron chi connectivity index (χ3n) is 6.15. The zero-order valence-corrected chi connectivity index (χ0v) is 19.3. The van der Waals surface area contributed by atoms with Crippen molar-refractivity contribution in [2.24, 2.45) is 0 Å². The summed E-state index contributed by atoms with van der Waals surface area (Å²) in [7, 11) is 1.69. The standard InChI is InChI=1S/C24H27F6NOS/c1-17-5-3-4-6-21(17)33-16-22(32-2)8-11-31(12-9-22)10-7-18-13-19(23(25,26)27)15-20(14-18)24(28,29)30/h3-6,13-15H,7-12,16H2,1-2H3. The fraction of sp³-hybridized carbons (Fsp3) is 0.500. The van der Waals surface area contributed by atoms with Crippen LogP contribution in [0.3, 0.4) is 0 Å². The summed E-state index contributed by atoms with van der Waals surface area (Å²) in [4.78, 5) is 3.27. The van der Waals surface area contributed by atoms with Gasteiger partial charge < -0.3 is 9.64 Å². The maximum atomic E-state index is 13.1. The second-order valence-electron chi connectivity index (χ2n) is 8.45. The summed E-state index contributed by atoms with van der Waals surface area (Å²) in [6.45, 7) is 3.80. The first-order chi connectivity index (χ1) is 15.4. The molecular formula is C24H27F6NOS. The molecule has 9 heteroatoms. The van der Waals surface area contributed by atoms with Crippen LogP contribution in [0.15, 0.2) is 47.4 Å². The van der Waals surface area contributed by atoms with E-state index in [1.165, 1.54) is 10.5 Å². The number of ether oxygens (including phenoxy) is 1. The van der Waals surface area contributed by atoms with Gasteiger partial charge in [0.25, 0.3) is 0 Å². The van der Waals surface area contributed by atoms with Crippen LogP contribution < -0.4 is 0 Å². The van der Waals surface area contributed by atoms with E-state index in [9.17, 15) is 26.3 Å². The van der Waals surface area contributed by atoms with E-state index in [0.29, 0.717) is 19.6 Å². The Kier molecular flexibility index (Phi) is 8.07. The minimum absolute atomic E-state index is 0.0378. The Morgan fingerprint density at radius 1 is 0.939 bits per heavy atom. The second kappa shape index (κ2) is 10.3. The van der Waals surface area contributed by atoms with Crippen molar-refractivity contribution in [1.82, 2.24) is 4.90 Å². The number of hydrogen-bond donors (Lipinski definition) is 0. The predicted molar refractivity (Wildman–Crippen MR) is 117 cm³/mol. The first-order valence-electron chi connectivity index (χ1n) is 10.7. The molecule has 0 radical (unpaired) electrons. The third-order valence-corrected chi connectivity index (χ3v) is 7.59. The highest BCUT2D eigenvalue weighted by atomic mass is 32.2. The van der Waals surface area contributed by atoms with Crippen LogP contribution in [0.1, 0.15) is 35.1 Å². The van der Waals surface area contributed by atoms with Gasteiger partial charge in [0.1, 0.15) is 0 Å². The highest BCUT2D eigenvalue weighted by Crippen LogP contribution is 2.37. The summed E-state index contributed by atoms with van der Waals surface area (Å²) in [6.07, 6.45) is -8.04. The van der Waals surface area contributed by atoms with E-state index in [0.717, 1.165) is 30.7 Å². The predicted octanol–water partition coefficient (Wildman–Crippen LogP) is 6.85. The minimum Gasteiger partial charge on any atom is -0.377 e. The summed E-state index contributed by atoms with van der Waals surface area (Å²) in [6, 6.07) is 9.92. The summed E-state index contributed by atoms with van der Waals surface area (Å²) in [5.41, 5.74) is -1.60. The average Bonchev–Trinajstić information content (AvgIpc) is 2.76. The van der Waals surface area contributed by atoms with E-state index >= 15 is 0 Å². The Labute approximate surface area is 194 Å². The minimum atomic E-state index is -4.83. The lowest BCUT2D eigenvalue weighted by Gasteiger charge is -2.41. The van der Waals surface area contributed by atoms with Gasteiger partial charge in [0, 0.05) is 37.4 Å². The molecule has 3 rings (SSSR count). The van der Waals surface area contributed by atoms with Crippen LogP contribution in [0.5, 0.6) is 0 Å². The number of alkyl halides is 6. The molecule has 1 aliphatic heterocycles. The van der Waals surface area contributed by atoms with Crippen LogP contribution in [-0.4, -0.2) is 43.0 Å². The molecule has 0 aliphatic carbocycles. The second-order valence-corrected chi connectivity index (χ2v) is 9.46. The Morgan fingerprint density at radius 2 is 1.52 bits per heavy atom. The van der Waals surface area contributed by atoms with Crippen molar-refractivity contribution >= 4 is 11.8 Å². The van der Waals surface area contributed by atoms with Gasteiger partial charge in [0.05, 0.1) is 16.7 Å². The van der Waals surface area contributed by atoms with Crippen LogP contribution in [-0.2, 0) is 23.5 Å². The molecule has 1 saturated heterocycles. The number of aryl methyl sites for hydroxylation is 1. The van der Waals surface area contributed by atoms with Crippen molar-refractivity contribution in [3.63, 3.8) is 0 Å². The number of rotatable bonds is 7. The van der Waals surface area contributed by atoms with E-state index in [-0.39, 0.29) is 23.7 Å². The number of likely N-dealkylation sites (tertiary alicyclic amines) is 1. The van der Waals surface area contributed by atoms with Gasteiger partial charge in [0.2, 0.25) is 0 Å². The van der Waals surface area contributed by atoms with Gasteiger partial charge in [-0.15, -0.1) is 11.8 Å². The lowest BCUT2D eigenvalue weighted by molar-refractivity contribution is -0.143. The normalized spacial score (nSPS) is 17.3. The summed E-state index contributed by atoms with van der Waals surface area (Å²) in [5, 5.41) is 0. The molecule has 2 aromatic carbocycles. The van der Waals surface area contributed by atoms with E-state index in [1.807, 2.05) is 12.1 Å². The average molecular weight is 492 g/mol. The fourth-order valence-corrected chi connectivity index (χ4v) is 5.27. The molecule has 1 aliphatic rings. The Hall–Kier alpha value is -1.71. The lowest BCUT2D eigenvalue weighted by atomic mass is 9.92. The van der Waals surface area contributed by atoms with Gasteiger partial charge in [-0.1, -0.05) is 18.2 Å². The van der Waals surface area contributed by atoms with Gasteiger partial charge in [0.15, 0.2) is 0 Å². The van der Waals surface area contributed by atoms with Crippen molar-refractivity contribution in [3.05, 3.63) is 64.7 Å². The molecule has 0 bridgehead atoms. The number of halogens is 6. The molecule has 0 spiro atoms. The highest BCUT2D eigenvalue weighted by molar-refractivity contribution is 7.99. The first-order valence-corrected chi connectivity index (χ1v) is 11.6. The molecule has 1 heterocycles. The number of thioether (sulfide) groups is 1. The monoisotopic (exact) mass is 491 g/mol. The molecular weight excluding hydrogens is 464 g/mol. The van der Waals surface area contributed by atoms with Crippen LogP contribution in [0.2, 0.25) is 0 Å². The fourth-order valence-electron chi connectivity index (χ4n) is 3.97. The molecule has 2 aromatic rings. The van der Waals surface area contributed by atoms with Crippen molar-refractivity contribution in [2.75, 3.05) is 32.5 Å². The quantitative estimate of drug-likeness (QED) is 0.311. The number of methoxy groups -OCH3 is 1. The SMILES string of the molecule is COC1(CSc2ccccc2C)CCN(CCc2cc(C(F)(F)F)cc(C(F)(F)F)c2)CC1. The van der Waals surface area contributed by atoms with Crippen molar-refractivity contribution in [2.45, 2.75) is 49.0 Å². The number of benzene rings is 2. The largest absolute Gasteiger partial charge is 0.416 e. The number of nitrogens with zero attached hydrogens (tertiary/aromatic N) is 1. The number of piperidine rings is 1. The van der Waals surface area contributed by atoms with Crippen molar-refractivity contribution in [1.29, 1.82) is 0 Å². The molecule has 1 fully saturated rings. The topological polar surface area (TPSA) is 12.5 Å². The summed E-state index contributed by atoms with van der Waals surface area (Å²) >= 11 is 1.74. The van der Waals surface area contributed by atoms with Crippen LogP contribution in [0.4, 0.5) is 26.3 Å². The maximum Gasteiger partial charge on any atom is 0.416 e. The molecule has 33 heavy (non-hydrogen) atoms. The summed E-state index contributed by atoms with van der Waals surface area (Å²) in [5.74, 6) is 0.783. The molecule has 0 aromatic heterocycles. The highest BCUT2D eigenvalue weighted by Gasteiger charge is 2.37. The Balaban J connectivity index is 1.60. The molecule has 0 saturated carbocycles. The van der Waals surface area contributed by atoms with Crippen LogP contribution in [0.25, 0.3) is 0 Å². The smallest absolute Gasteiger partial charge is 0.377 e. The molecule has 0 amide bonds. The molecule has 182 valence electrons. The van der Waals surface area contributed by atoms with Gasteiger partial charge >= 0.3 is 12.4 Å². The van der Waals surface area contributed by atoms with Gasteiger partial charge in [-0.25, -0.2) is 0 Å². The van der Waals surface area contributed by atoms with E-state index < -0.39 is 23.5 Å². The van der Waals surface area contributed by atoms with Gasteiger partial charge in [-0.2, -0.15) is 26.3 Å². The van der Waals surface area contributed by atoms with Crippen molar-refractivity contribution < 1.29 is 31.1 Å². The molecule has 0 atom stereocenters. The number of hydrogen-bond acceptors (Lipinski definition) is 3. The van der Waals surface area contributed by atoms with E-state index in [2.05, 4.69) is 24.0 Å². The van der Waals surface area contributed by atoms with Crippen LogP contribution in [0, 0.1) is 6.92 Å². The molecule has 2 nitrogen and oxygen atoms in total. The van der Waals surface area contributed by atoms with E-state index in [1.54, 1.807) is 18.9 Å². The maximum absolute atomic E-state index is 13.1. The van der Waals surface area contributed by atoms with Crippen molar-refractivity contribution in [3.8, 4) is 0 Å². The van der Waals surface area contributed by atoms with Crippen LogP contribution >= 0.6 is 11.8 Å². The molecule has 0 N–H and O–H groups in total. The van der Waals surface area contributed by atoms with Gasteiger partial charge in [-0.05, 0) is 61.6 Å². The van der Waals surface area contributed by atoms with Gasteiger partial charge in [-0.3, -0.25) is 0 Å². The Bertz CT molecular complexity index is 903. The Morgan fingerprint density at radius 3 is 2.03 bits per heavy atom. The first kappa shape index (κ1) is 25.9. The lowest BCUT2D eigenvalue weighted by Crippen LogP contribution is -2.47. The summed E-state index contributed by atoms with van der Waals surface area (Å²) < 4.78 is 84.4. The zero-order valence-electron chi connectivity index (χ0n) is 18.5. The third kappa shape index (κ3) is 6.90. The van der Waals surface area contributed by atoms with E-state index in [4.69, 9.17) is 4.74 Å². The molecule has 0 unspecified atom stereocenters. The zero-order chi connectivity index (χ0) is 24.3.